The molecule has 3 N–H and O–H groups in total. The normalized spacial score (nSPS) is 17.5. The number of carbonyl (C=O) groups is 3. The van der Waals surface area contributed by atoms with Gasteiger partial charge in [0.15, 0.2) is 5.75 Å². The smallest absolute Gasteiger partial charge is 0.321 e. The number of carbonyl (C=O) groups excluding carboxylic acids is 3. The maximum atomic E-state index is 13.6. The fourth-order valence-corrected chi connectivity index (χ4v) is 4.36. The van der Waals surface area contributed by atoms with E-state index >= 15 is 0 Å². The summed E-state index contributed by atoms with van der Waals surface area (Å²) in [5, 5.41) is 15.4. The summed E-state index contributed by atoms with van der Waals surface area (Å²) >= 11 is 0. The Morgan fingerprint density at radius 3 is 2.52 bits per heavy atom. The lowest BCUT2D eigenvalue weighted by molar-refractivity contribution is 0.0372. The molecule has 0 radical (unpaired) electrons. The van der Waals surface area contributed by atoms with Crippen LogP contribution >= 0.6 is 0 Å². The number of nitrogens with zero attached hydrogens (tertiary/aromatic N) is 3. The van der Waals surface area contributed by atoms with Crippen LogP contribution in [-0.2, 0) is 0 Å². The lowest BCUT2D eigenvalue weighted by Crippen LogP contribution is -2.50. The van der Waals surface area contributed by atoms with Gasteiger partial charge >= 0.3 is 6.03 Å². The van der Waals surface area contributed by atoms with Gasteiger partial charge in [0.2, 0.25) is 0 Å². The highest BCUT2D eigenvalue weighted by molar-refractivity contribution is 6.07. The average molecular weight is 550 g/mol. The Balaban J connectivity index is 1.64. The molecule has 1 aliphatic rings. The van der Waals surface area contributed by atoms with E-state index in [1.165, 1.54) is 41.6 Å². The number of aliphatic hydroxyl groups excluding tert-OH is 1. The van der Waals surface area contributed by atoms with Crippen molar-refractivity contribution in [1.29, 1.82) is 0 Å². The summed E-state index contributed by atoms with van der Waals surface area (Å²) in [7, 11) is 1.60. The third kappa shape index (κ3) is 6.55. The zero-order valence-electron chi connectivity index (χ0n) is 22.5. The van der Waals surface area contributed by atoms with Gasteiger partial charge in [-0.05, 0) is 55.5 Å². The lowest BCUT2D eigenvalue weighted by Gasteiger charge is -2.38. The summed E-state index contributed by atoms with van der Waals surface area (Å²) in [6.45, 7) is 3.81. The van der Waals surface area contributed by atoms with Gasteiger partial charge in [-0.1, -0.05) is 13.0 Å². The van der Waals surface area contributed by atoms with Crippen molar-refractivity contribution < 1.29 is 28.6 Å². The van der Waals surface area contributed by atoms with E-state index in [1.54, 1.807) is 49.2 Å². The largest absolute Gasteiger partial charge is 0.485 e. The van der Waals surface area contributed by atoms with Crippen molar-refractivity contribution in [3.63, 3.8) is 0 Å². The highest BCUT2D eigenvalue weighted by Crippen LogP contribution is 2.35. The first-order chi connectivity index (χ1) is 19.2. The monoisotopic (exact) mass is 549 g/mol. The molecule has 0 spiro atoms. The van der Waals surface area contributed by atoms with E-state index in [4.69, 9.17) is 4.74 Å². The number of urea groups is 1. The summed E-state index contributed by atoms with van der Waals surface area (Å²) < 4.78 is 19.7. The van der Waals surface area contributed by atoms with Crippen LogP contribution in [0.5, 0.6) is 5.75 Å². The van der Waals surface area contributed by atoms with Crippen molar-refractivity contribution >= 4 is 29.2 Å². The van der Waals surface area contributed by atoms with Gasteiger partial charge in [0.1, 0.15) is 11.9 Å². The van der Waals surface area contributed by atoms with Crippen LogP contribution < -0.4 is 15.4 Å². The molecule has 10 nitrogen and oxygen atoms in total. The highest BCUT2D eigenvalue weighted by atomic mass is 19.1. The Kier molecular flexibility index (Phi) is 8.95. The first-order valence-electron chi connectivity index (χ1n) is 12.9. The molecule has 0 bridgehead atoms. The highest BCUT2D eigenvalue weighted by Gasteiger charge is 2.35. The number of benzene rings is 2. The fourth-order valence-electron chi connectivity index (χ4n) is 4.36. The second-order valence-electron chi connectivity index (χ2n) is 9.81. The van der Waals surface area contributed by atoms with Crippen molar-refractivity contribution in [3.8, 4) is 5.75 Å². The standard InChI is InChI=1S/C29H32FN5O5/c1-18-15-35(19(2)17-36)28(38)23-5-4-6-24(33-27(37)20-11-13-31-14-12-20)26(23)40-25(18)16-34(3)29(39)32-22-9-7-21(30)8-10-22/h4-14,18-19,25,36H,15-17H2,1-3H3,(H,32,39)(H,33,37)/t18-,19-,25+/m1/s1. The molecule has 3 aromatic rings. The molecule has 2 aromatic carbocycles. The zero-order chi connectivity index (χ0) is 28.8. The van der Waals surface area contributed by atoms with Crippen LogP contribution in [0.2, 0.25) is 0 Å². The maximum Gasteiger partial charge on any atom is 0.321 e. The fraction of sp³-hybridized carbons (Fsp3) is 0.310. The van der Waals surface area contributed by atoms with Gasteiger partial charge in [0.25, 0.3) is 11.8 Å². The van der Waals surface area contributed by atoms with Gasteiger partial charge in [0, 0.05) is 43.2 Å². The Morgan fingerprint density at radius 1 is 1.15 bits per heavy atom. The lowest BCUT2D eigenvalue weighted by atomic mass is 9.99. The summed E-state index contributed by atoms with van der Waals surface area (Å²) in [6, 6.07) is 12.5. The Hall–Kier alpha value is -4.51. The number of pyridine rings is 1. The molecule has 11 heteroatoms. The van der Waals surface area contributed by atoms with Crippen LogP contribution in [0.1, 0.15) is 34.6 Å². The van der Waals surface area contributed by atoms with Gasteiger partial charge in [-0.25, -0.2) is 9.18 Å². The van der Waals surface area contributed by atoms with E-state index in [0.29, 0.717) is 16.9 Å². The number of rotatable bonds is 7. The number of para-hydroxylation sites is 1. The van der Waals surface area contributed by atoms with Crippen LogP contribution in [0.15, 0.2) is 67.0 Å². The number of nitrogens with one attached hydrogen (secondary N) is 2. The summed E-state index contributed by atoms with van der Waals surface area (Å²) in [5.74, 6) is -1.26. The second-order valence-corrected chi connectivity index (χ2v) is 9.81. The van der Waals surface area contributed by atoms with E-state index in [0.717, 1.165) is 0 Å². The number of halogens is 1. The summed E-state index contributed by atoms with van der Waals surface area (Å²) in [6.07, 6.45) is 2.41. The number of ether oxygens (including phenoxy) is 1. The van der Waals surface area contributed by atoms with Gasteiger partial charge in [-0.3, -0.25) is 14.6 Å². The van der Waals surface area contributed by atoms with Crippen molar-refractivity contribution in [2.24, 2.45) is 5.92 Å². The van der Waals surface area contributed by atoms with Crippen LogP contribution in [-0.4, -0.2) is 76.6 Å². The predicted octanol–water partition coefficient (Wildman–Crippen LogP) is 3.86. The molecule has 2 heterocycles. The third-order valence-corrected chi connectivity index (χ3v) is 6.78. The minimum absolute atomic E-state index is 0.135. The molecule has 1 aromatic heterocycles. The van der Waals surface area contributed by atoms with Crippen molar-refractivity contribution in [3.05, 3.63) is 83.9 Å². The van der Waals surface area contributed by atoms with E-state index in [-0.39, 0.29) is 42.8 Å². The SMILES string of the molecule is C[C@@H]1CN([C@H](C)CO)C(=O)c2cccc(NC(=O)c3ccncc3)c2O[C@H]1CN(C)C(=O)Nc1ccc(F)cc1. The van der Waals surface area contributed by atoms with Crippen LogP contribution in [0, 0.1) is 11.7 Å². The molecule has 4 amide bonds. The van der Waals surface area contributed by atoms with E-state index in [2.05, 4.69) is 15.6 Å². The van der Waals surface area contributed by atoms with Crippen LogP contribution in [0.3, 0.4) is 0 Å². The number of hydrogen-bond acceptors (Lipinski definition) is 6. The van der Waals surface area contributed by atoms with E-state index < -0.39 is 29.9 Å². The molecule has 0 fully saturated rings. The number of hydrogen-bond donors (Lipinski definition) is 3. The molecular formula is C29H32FN5O5. The topological polar surface area (TPSA) is 124 Å². The molecule has 0 saturated heterocycles. The molecule has 0 unspecified atom stereocenters. The first kappa shape index (κ1) is 28.5. The van der Waals surface area contributed by atoms with Gasteiger partial charge in [0.05, 0.1) is 30.4 Å². The van der Waals surface area contributed by atoms with Crippen LogP contribution in [0.25, 0.3) is 0 Å². The quantitative estimate of drug-likeness (QED) is 0.411. The van der Waals surface area contributed by atoms with Crippen molar-refractivity contribution in [1.82, 2.24) is 14.8 Å². The zero-order valence-corrected chi connectivity index (χ0v) is 22.5. The number of amides is 4. The molecule has 0 aliphatic carbocycles. The summed E-state index contributed by atoms with van der Waals surface area (Å²) in [4.78, 5) is 46.4. The maximum absolute atomic E-state index is 13.6. The molecule has 0 saturated carbocycles. The minimum atomic E-state index is -0.594. The average Bonchev–Trinajstić information content (AvgIpc) is 2.96. The Morgan fingerprint density at radius 2 is 1.85 bits per heavy atom. The van der Waals surface area contributed by atoms with Gasteiger partial charge < -0.3 is 30.3 Å². The van der Waals surface area contributed by atoms with Crippen molar-refractivity contribution in [2.75, 3.05) is 37.4 Å². The second kappa shape index (κ2) is 12.6. The number of aliphatic hydroxyl groups is 1. The van der Waals surface area contributed by atoms with E-state index in [9.17, 15) is 23.9 Å². The molecular weight excluding hydrogens is 517 g/mol. The van der Waals surface area contributed by atoms with Crippen LogP contribution in [0.4, 0.5) is 20.6 Å². The Bertz CT molecular complexity index is 1350. The predicted molar refractivity (Wildman–Crippen MR) is 148 cm³/mol. The van der Waals surface area contributed by atoms with E-state index in [1.807, 2.05) is 6.92 Å². The Labute approximate surface area is 231 Å². The molecule has 3 atom stereocenters. The number of anilines is 2. The van der Waals surface area contributed by atoms with Gasteiger partial charge in [-0.2, -0.15) is 0 Å². The number of fused-ring (bicyclic) bond motifs is 1. The summed E-state index contributed by atoms with van der Waals surface area (Å²) in [5.41, 5.74) is 1.33. The first-order valence-corrected chi connectivity index (χ1v) is 12.9. The number of aromatic nitrogens is 1. The number of likely N-dealkylation sites (N-methyl/N-ethyl adjacent to an activating group) is 1. The molecule has 40 heavy (non-hydrogen) atoms. The van der Waals surface area contributed by atoms with Crippen molar-refractivity contribution in [2.45, 2.75) is 26.0 Å². The minimum Gasteiger partial charge on any atom is -0.485 e. The van der Waals surface area contributed by atoms with Gasteiger partial charge in [-0.15, -0.1) is 0 Å². The molecule has 1 aliphatic heterocycles. The molecule has 210 valence electrons. The molecule has 4 rings (SSSR count). The third-order valence-electron chi connectivity index (χ3n) is 6.78.